The molecule has 0 aliphatic rings. The number of halogens is 3. The summed E-state index contributed by atoms with van der Waals surface area (Å²) in [6.45, 7) is 3.71. The summed E-state index contributed by atoms with van der Waals surface area (Å²) in [6, 6.07) is 8.29. The van der Waals surface area contributed by atoms with Crippen molar-refractivity contribution in [3.63, 3.8) is 0 Å². The summed E-state index contributed by atoms with van der Waals surface area (Å²) in [6.07, 6.45) is 0. The van der Waals surface area contributed by atoms with Crippen LogP contribution in [0.25, 0.3) is 0 Å². The topological polar surface area (TPSA) is 33.0 Å². The highest BCUT2D eigenvalue weighted by Crippen LogP contribution is 2.33. The lowest BCUT2D eigenvalue weighted by molar-refractivity contribution is 0.439. The quantitative estimate of drug-likeness (QED) is 0.711. The summed E-state index contributed by atoms with van der Waals surface area (Å²) < 4.78 is 19.7. The summed E-state index contributed by atoms with van der Waals surface area (Å²) >= 11 is 9.12. The van der Waals surface area contributed by atoms with Gasteiger partial charge in [0.15, 0.2) is 11.6 Å². The predicted molar refractivity (Wildman–Crippen MR) is 79.8 cm³/mol. The minimum absolute atomic E-state index is 0.0528. The van der Waals surface area contributed by atoms with Gasteiger partial charge in [0, 0.05) is 5.02 Å². The van der Waals surface area contributed by atoms with Crippen LogP contribution in [0.5, 0.6) is 11.5 Å². The highest BCUT2D eigenvalue weighted by molar-refractivity contribution is 9.10. The van der Waals surface area contributed by atoms with Gasteiger partial charge in [-0.15, -0.1) is 0 Å². The number of benzene rings is 2. The van der Waals surface area contributed by atoms with Gasteiger partial charge in [-0.3, -0.25) is 0 Å². The summed E-state index contributed by atoms with van der Waals surface area (Å²) in [4.78, 5) is 0. The fraction of sp³-hybridized carbons (Fsp3) is 0.133. The lowest BCUT2D eigenvalue weighted by atomic mass is 10.1. The standard InChI is InChI=1S/C15H10BrClFNO/c1-8-5-11(6-9(2)14(8)17)20-12-4-3-10(7-19)13(16)15(12)18/h3-6H,1-2H3. The first-order chi connectivity index (χ1) is 9.43. The van der Waals surface area contributed by atoms with E-state index in [1.807, 2.05) is 19.9 Å². The van der Waals surface area contributed by atoms with Crippen LogP contribution in [0.3, 0.4) is 0 Å². The Kier molecular flexibility index (Phi) is 4.32. The number of aryl methyl sites for hydroxylation is 2. The zero-order chi connectivity index (χ0) is 14.9. The van der Waals surface area contributed by atoms with E-state index < -0.39 is 5.82 Å². The Bertz CT molecular complexity index is 702. The Labute approximate surface area is 129 Å². The molecule has 0 aliphatic carbocycles. The molecular formula is C15H10BrClFNO. The zero-order valence-electron chi connectivity index (χ0n) is 10.8. The van der Waals surface area contributed by atoms with Crippen LogP contribution in [0.1, 0.15) is 16.7 Å². The third-order valence-electron chi connectivity index (χ3n) is 2.81. The Morgan fingerprint density at radius 1 is 1.25 bits per heavy atom. The van der Waals surface area contributed by atoms with Crippen molar-refractivity contribution in [3.05, 3.63) is 56.3 Å². The molecule has 0 N–H and O–H groups in total. The smallest absolute Gasteiger partial charge is 0.181 e. The SMILES string of the molecule is Cc1cc(Oc2ccc(C#N)c(Br)c2F)cc(C)c1Cl. The molecule has 0 aromatic heterocycles. The third-order valence-corrected chi connectivity index (χ3v) is 4.18. The van der Waals surface area contributed by atoms with E-state index in [-0.39, 0.29) is 15.8 Å². The summed E-state index contributed by atoms with van der Waals surface area (Å²) in [5.74, 6) is -0.0498. The molecule has 20 heavy (non-hydrogen) atoms. The van der Waals surface area contributed by atoms with Crippen LogP contribution < -0.4 is 4.74 Å². The van der Waals surface area contributed by atoms with Crippen LogP contribution in [0.2, 0.25) is 5.02 Å². The van der Waals surface area contributed by atoms with Crippen molar-refractivity contribution in [2.45, 2.75) is 13.8 Å². The van der Waals surface area contributed by atoms with Crippen molar-refractivity contribution in [3.8, 4) is 17.6 Å². The van der Waals surface area contributed by atoms with E-state index in [2.05, 4.69) is 15.9 Å². The summed E-state index contributed by atoms with van der Waals surface area (Å²) in [5.41, 5.74) is 1.93. The Morgan fingerprint density at radius 3 is 2.40 bits per heavy atom. The van der Waals surface area contributed by atoms with Crippen molar-refractivity contribution < 1.29 is 9.13 Å². The zero-order valence-corrected chi connectivity index (χ0v) is 13.1. The molecule has 2 aromatic rings. The van der Waals surface area contributed by atoms with E-state index in [0.717, 1.165) is 11.1 Å². The first kappa shape index (κ1) is 14.8. The summed E-state index contributed by atoms with van der Waals surface area (Å²) in [7, 11) is 0. The number of nitriles is 1. The number of hydrogen-bond donors (Lipinski definition) is 0. The largest absolute Gasteiger partial charge is 0.454 e. The van der Waals surface area contributed by atoms with Gasteiger partial charge in [0.25, 0.3) is 0 Å². The molecule has 0 aliphatic heterocycles. The van der Waals surface area contributed by atoms with Gasteiger partial charge >= 0.3 is 0 Å². The average Bonchev–Trinajstić information content (AvgIpc) is 2.41. The van der Waals surface area contributed by atoms with Crippen LogP contribution in [0, 0.1) is 31.0 Å². The van der Waals surface area contributed by atoms with Crippen LogP contribution in [0.4, 0.5) is 4.39 Å². The molecule has 0 heterocycles. The van der Waals surface area contributed by atoms with Crippen molar-refractivity contribution in [2.75, 3.05) is 0 Å². The fourth-order valence-electron chi connectivity index (χ4n) is 1.79. The molecular weight excluding hydrogens is 345 g/mol. The van der Waals surface area contributed by atoms with Crippen molar-refractivity contribution >= 4 is 27.5 Å². The van der Waals surface area contributed by atoms with Gasteiger partial charge in [-0.1, -0.05) is 11.6 Å². The molecule has 2 rings (SSSR count). The molecule has 0 saturated heterocycles. The molecule has 102 valence electrons. The lowest BCUT2D eigenvalue weighted by Crippen LogP contribution is -1.93. The second kappa shape index (κ2) is 5.82. The number of hydrogen-bond acceptors (Lipinski definition) is 2. The van der Waals surface area contributed by atoms with Gasteiger partial charge < -0.3 is 4.74 Å². The average molecular weight is 355 g/mol. The molecule has 0 atom stereocenters. The van der Waals surface area contributed by atoms with E-state index >= 15 is 0 Å². The molecule has 0 amide bonds. The molecule has 0 saturated carbocycles. The second-order valence-electron chi connectivity index (χ2n) is 4.32. The first-order valence-corrected chi connectivity index (χ1v) is 6.94. The molecule has 0 fully saturated rings. The van der Waals surface area contributed by atoms with E-state index in [1.54, 1.807) is 12.1 Å². The van der Waals surface area contributed by atoms with Crippen LogP contribution in [-0.2, 0) is 0 Å². The maximum atomic E-state index is 14.1. The number of nitrogens with zero attached hydrogens (tertiary/aromatic N) is 1. The minimum atomic E-state index is -0.602. The second-order valence-corrected chi connectivity index (χ2v) is 5.50. The molecule has 0 bridgehead atoms. The van der Waals surface area contributed by atoms with Gasteiger partial charge in [0.1, 0.15) is 11.8 Å². The van der Waals surface area contributed by atoms with E-state index in [0.29, 0.717) is 10.8 Å². The van der Waals surface area contributed by atoms with E-state index in [9.17, 15) is 4.39 Å². The van der Waals surface area contributed by atoms with Crippen molar-refractivity contribution in [1.82, 2.24) is 0 Å². The maximum absolute atomic E-state index is 14.1. The monoisotopic (exact) mass is 353 g/mol. The molecule has 2 nitrogen and oxygen atoms in total. The predicted octanol–water partition coefficient (Wildman–Crippen LogP) is 5.52. The molecule has 0 radical (unpaired) electrons. The normalized spacial score (nSPS) is 10.2. The van der Waals surface area contributed by atoms with Crippen LogP contribution in [-0.4, -0.2) is 0 Å². The van der Waals surface area contributed by atoms with Gasteiger partial charge in [0.2, 0.25) is 0 Å². The summed E-state index contributed by atoms with van der Waals surface area (Å²) in [5, 5.41) is 9.49. The Balaban J connectivity index is 2.41. The third kappa shape index (κ3) is 2.79. The Hall–Kier alpha value is -1.57. The van der Waals surface area contributed by atoms with Gasteiger partial charge in [-0.25, -0.2) is 4.39 Å². The Morgan fingerprint density at radius 2 is 1.85 bits per heavy atom. The highest BCUT2D eigenvalue weighted by Gasteiger charge is 2.13. The van der Waals surface area contributed by atoms with Gasteiger partial charge in [0.05, 0.1) is 10.0 Å². The first-order valence-electron chi connectivity index (χ1n) is 5.76. The van der Waals surface area contributed by atoms with Gasteiger partial charge in [-0.2, -0.15) is 5.26 Å². The van der Waals surface area contributed by atoms with Crippen LogP contribution in [0.15, 0.2) is 28.7 Å². The van der Waals surface area contributed by atoms with E-state index in [1.165, 1.54) is 12.1 Å². The minimum Gasteiger partial charge on any atom is -0.454 e. The molecule has 5 heteroatoms. The van der Waals surface area contributed by atoms with Gasteiger partial charge in [-0.05, 0) is 65.2 Å². The molecule has 2 aromatic carbocycles. The number of ether oxygens (including phenoxy) is 1. The highest BCUT2D eigenvalue weighted by atomic mass is 79.9. The number of rotatable bonds is 2. The van der Waals surface area contributed by atoms with Crippen LogP contribution >= 0.6 is 27.5 Å². The fourth-order valence-corrected chi connectivity index (χ4v) is 2.31. The molecule has 0 unspecified atom stereocenters. The maximum Gasteiger partial charge on any atom is 0.181 e. The van der Waals surface area contributed by atoms with Crippen molar-refractivity contribution in [1.29, 1.82) is 5.26 Å². The molecule has 0 spiro atoms. The lowest BCUT2D eigenvalue weighted by Gasteiger charge is -2.11. The van der Waals surface area contributed by atoms with Crippen molar-refractivity contribution in [2.24, 2.45) is 0 Å². The van der Waals surface area contributed by atoms with E-state index in [4.69, 9.17) is 21.6 Å².